The molecule has 1 aliphatic heterocycles. The normalized spacial score (nSPS) is 17.6. The van der Waals surface area contributed by atoms with Gasteiger partial charge in [-0.1, -0.05) is 99.7 Å². The number of aliphatic imine (C=N–C) groups is 1. The highest BCUT2D eigenvalue weighted by Crippen LogP contribution is 2.46. The zero-order chi connectivity index (χ0) is 32.9. The third-order valence-electron chi connectivity index (χ3n) is 10.4. The standard InChI is InChI=1S/C45H35N3S/c1-45(2,3)30-20-25-39-34(27-30)42-40(49-39)26-24-38-43(42)41-33-14-8-7-11-28(33)19-23-37(41)47(38)32-21-17-29(18-22-32)44-46-35-15-9-10-16-36(35)48(44)31-12-5-4-6-13-31/h4-27,35-36H,1-3H3. The maximum atomic E-state index is 5.24. The van der Waals surface area contributed by atoms with Crippen LogP contribution in [-0.4, -0.2) is 22.5 Å². The van der Waals surface area contributed by atoms with E-state index >= 15 is 0 Å². The largest absolute Gasteiger partial charge is 0.317 e. The van der Waals surface area contributed by atoms with E-state index in [1.807, 2.05) is 11.3 Å². The van der Waals surface area contributed by atoms with E-state index in [1.54, 1.807) is 0 Å². The van der Waals surface area contributed by atoms with Crippen LogP contribution < -0.4 is 4.90 Å². The minimum Gasteiger partial charge on any atom is -0.317 e. The van der Waals surface area contributed by atoms with Crippen molar-refractivity contribution in [3.05, 3.63) is 157 Å². The van der Waals surface area contributed by atoms with E-state index in [0.717, 1.165) is 22.8 Å². The Hall–Kier alpha value is -5.45. The van der Waals surface area contributed by atoms with Crippen molar-refractivity contribution >= 4 is 75.6 Å². The second-order valence-corrected chi connectivity index (χ2v) is 15.5. The zero-order valence-electron chi connectivity index (χ0n) is 27.8. The summed E-state index contributed by atoms with van der Waals surface area (Å²) in [5, 5.41) is 7.93. The number of thiophene rings is 1. The third-order valence-corrected chi connectivity index (χ3v) is 11.5. The molecule has 1 aliphatic carbocycles. The highest BCUT2D eigenvalue weighted by atomic mass is 32.1. The predicted octanol–water partition coefficient (Wildman–Crippen LogP) is 11.7. The predicted molar refractivity (Wildman–Crippen MR) is 211 cm³/mol. The number of allylic oxidation sites excluding steroid dienone is 2. The molecule has 0 spiro atoms. The molecule has 2 aliphatic rings. The summed E-state index contributed by atoms with van der Waals surface area (Å²) in [6.45, 7) is 6.91. The molecule has 2 atom stereocenters. The molecule has 8 aromatic rings. The van der Waals surface area contributed by atoms with Gasteiger partial charge in [-0.3, -0.25) is 4.99 Å². The summed E-state index contributed by atoms with van der Waals surface area (Å²) in [7, 11) is 0. The Kier molecular flexibility index (Phi) is 6.13. The summed E-state index contributed by atoms with van der Waals surface area (Å²) in [5.41, 5.74) is 7.33. The number of hydrogen-bond donors (Lipinski definition) is 0. The Morgan fingerprint density at radius 2 is 1.35 bits per heavy atom. The molecule has 0 amide bonds. The van der Waals surface area contributed by atoms with Gasteiger partial charge in [0.1, 0.15) is 5.84 Å². The number of para-hydroxylation sites is 1. The number of benzene rings is 6. The van der Waals surface area contributed by atoms with E-state index in [9.17, 15) is 0 Å². The molecule has 2 unspecified atom stereocenters. The lowest BCUT2D eigenvalue weighted by atomic mass is 9.86. The van der Waals surface area contributed by atoms with Gasteiger partial charge in [-0.15, -0.1) is 11.3 Å². The zero-order valence-corrected chi connectivity index (χ0v) is 28.6. The monoisotopic (exact) mass is 649 g/mol. The van der Waals surface area contributed by atoms with Crippen molar-refractivity contribution in [3.63, 3.8) is 0 Å². The molecular weight excluding hydrogens is 615 g/mol. The third kappa shape index (κ3) is 4.30. The molecule has 2 aromatic heterocycles. The first-order chi connectivity index (χ1) is 23.9. The average Bonchev–Trinajstić information content (AvgIpc) is 3.81. The molecule has 0 radical (unpaired) electrons. The highest BCUT2D eigenvalue weighted by molar-refractivity contribution is 7.26. The van der Waals surface area contributed by atoms with Crippen LogP contribution in [0.25, 0.3) is 58.4 Å². The van der Waals surface area contributed by atoms with Crippen molar-refractivity contribution in [3.8, 4) is 5.69 Å². The van der Waals surface area contributed by atoms with Crippen molar-refractivity contribution in [2.45, 2.75) is 38.3 Å². The molecule has 10 rings (SSSR count). The van der Waals surface area contributed by atoms with Crippen LogP contribution in [0.15, 0.2) is 151 Å². The van der Waals surface area contributed by atoms with Gasteiger partial charge in [0, 0.05) is 47.9 Å². The van der Waals surface area contributed by atoms with E-state index < -0.39 is 0 Å². The number of hydrogen-bond acceptors (Lipinski definition) is 3. The van der Waals surface area contributed by atoms with Crippen LogP contribution in [0.3, 0.4) is 0 Å². The summed E-state index contributed by atoms with van der Waals surface area (Å²) in [6, 6.07) is 45.2. The van der Waals surface area contributed by atoms with Crippen LogP contribution in [0.4, 0.5) is 5.69 Å². The van der Waals surface area contributed by atoms with Crippen molar-refractivity contribution in [1.29, 1.82) is 0 Å². The van der Waals surface area contributed by atoms with Crippen LogP contribution in [0.2, 0.25) is 0 Å². The lowest BCUT2D eigenvalue weighted by molar-refractivity contribution is 0.591. The fraction of sp³-hybridized carbons (Fsp3) is 0.133. The smallest absolute Gasteiger partial charge is 0.136 e. The van der Waals surface area contributed by atoms with Crippen molar-refractivity contribution in [2.24, 2.45) is 4.99 Å². The first-order valence-corrected chi connectivity index (χ1v) is 18.0. The molecule has 6 aromatic carbocycles. The minimum atomic E-state index is 0.0723. The van der Waals surface area contributed by atoms with Crippen molar-refractivity contribution in [1.82, 2.24) is 4.57 Å². The van der Waals surface area contributed by atoms with Crippen molar-refractivity contribution in [2.75, 3.05) is 4.90 Å². The summed E-state index contributed by atoms with van der Waals surface area (Å²) >= 11 is 1.90. The number of aromatic nitrogens is 1. The number of fused-ring (bicyclic) bond motifs is 10. The molecule has 49 heavy (non-hydrogen) atoms. The Balaban J connectivity index is 1.21. The molecule has 0 fully saturated rings. The summed E-state index contributed by atoms with van der Waals surface area (Å²) in [5.74, 6) is 1.01. The lowest BCUT2D eigenvalue weighted by Crippen LogP contribution is -2.39. The molecule has 0 bridgehead atoms. The van der Waals surface area contributed by atoms with E-state index in [4.69, 9.17) is 4.99 Å². The first kappa shape index (κ1) is 28.6. The SMILES string of the molecule is CC(C)(C)c1ccc2sc3ccc4c(c3c2c1)c1c2ccccc2ccc1n4-c1ccc(C2=NC3C=CC=CC3N2c2ccccc2)cc1. The van der Waals surface area contributed by atoms with Gasteiger partial charge >= 0.3 is 0 Å². The van der Waals surface area contributed by atoms with Crippen LogP contribution in [0.5, 0.6) is 0 Å². The average molecular weight is 650 g/mol. The fourth-order valence-corrected chi connectivity index (χ4v) is 9.12. The number of amidine groups is 1. The fourth-order valence-electron chi connectivity index (χ4n) is 8.02. The van der Waals surface area contributed by atoms with Gasteiger partial charge < -0.3 is 9.47 Å². The number of rotatable bonds is 3. The van der Waals surface area contributed by atoms with Gasteiger partial charge in [-0.25, -0.2) is 0 Å². The second-order valence-electron chi connectivity index (χ2n) is 14.4. The van der Waals surface area contributed by atoms with E-state index in [2.05, 4.69) is 176 Å². The first-order valence-electron chi connectivity index (χ1n) is 17.1. The quantitative estimate of drug-likeness (QED) is 0.187. The summed E-state index contributed by atoms with van der Waals surface area (Å²) in [6.07, 6.45) is 8.74. The number of anilines is 1. The van der Waals surface area contributed by atoms with Gasteiger partial charge in [0.05, 0.1) is 23.1 Å². The van der Waals surface area contributed by atoms with Crippen LogP contribution >= 0.6 is 11.3 Å². The minimum absolute atomic E-state index is 0.0723. The van der Waals surface area contributed by atoms with E-state index in [0.29, 0.717) is 0 Å². The number of nitrogens with zero attached hydrogens (tertiary/aromatic N) is 3. The van der Waals surface area contributed by atoms with Crippen LogP contribution in [-0.2, 0) is 5.41 Å². The molecule has 0 N–H and O–H groups in total. The molecule has 0 saturated carbocycles. The van der Waals surface area contributed by atoms with Gasteiger partial charge in [-0.05, 0) is 88.5 Å². The van der Waals surface area contributed by atoms with Crippen molar-refractivity contribution < 1.29 is 0 Å². The maximum absolute atomic E-state index is 5.24. The summed E-state index contributed by atoms with van der Waals surface area (Å²) in [4.78, 5) is 7.63. The second kappa shape index (κ2) is 10.5. The Morgan fingerprint density at radius 3 is 2.18 bits per heavy atom. The highest BCUT2D eigenvalue weighted by Gasteiger charge is 2.35. The molecular formula is C45H35N3S. The van der Waals surface area contributed by atoms with E-state index in [-0.39, 0.29) is 17.5 Å². The lowest BCUT2D eigenvalue weighted by Gasteiger charge is -2.29. The molecule has 4 heteroatoms. The summed E-state index contributed by atoms with van der Waals surface area (Å²) < 4.78 is 5.14. The Morgan fingerprint density at radius 1 is 0.612 bits per heavy atom. The Bertz CT molecular complexity index is 2700. The molecule has 3 nitrogen and oxygen atoms in total. The maximum Gasteiger partial charge on any atom is 0.136 e. The van der Waals surface area contributed by atoms with Gasteiger partial charge in [0.25, 0.3) is 0 Å². The topological polar surface area (TPSA) is 20.5 Å². The molecule has 0 saturated heterocycles. The van der Waals surface area contributed by atoms with Gasteiger partial charge in [0.15, 0.2) is 0 Å². The molecule has 3 heterocycles. The van der Waals surface area contributed by atoms with Gasteiger partial charge in [-0.2, -0.15) is 0 Å². The molecule has 236 valence electrons. The Labute approximate surface area is 289 Å². The van der Waals surface area contributed by atoms with Crippen LogP contribution in [0, 0.1) is 0 Å². The van der Waals surface area contributed by atoms with E-state index in [1.165, 1.54) is 58.3 Å². The van der Waals surface area contributed by atoms with Crippen LogP contribution in [0.1, 0.15) is 31.9 Å². The van der Waals surface area contributed by atoms with Gasteiger partial charge in [0.2, 0.25) is 0 Å².